The van der Waals surface area contributed by atoms with Gasteiger partial charge in [0.15, 0.2) is 17.9 Å². The molecule has 0 amide bonds. The molecule has 2 atom stereocenters. The Morgan fingerprint density at radius 3 is 2.54 bits per heavy atom. The van der Waals surface area contributed by atoms with E-state index in [9.17, 15) is 13.6 Å². The molecule has 5 nitrogen and oxygen atoms in total. The van der Waals surface area contributed by atoms with Crippen LogP contribution in [0.2, 0.25) is 0 Å². The number of benzene rings is 1. The number of aldehydes is 1. The summed E-state index contributed by atoms with van der Waals surface area (Å²) >= 11 is 0. The Morgan fingerprint density at radius 2 is 1.92 bits per heavy atom. The zero-order valence-electron chi connectivity index (χ0n) is 14.4. The number of nitrogens with zero attached hydrogens (tertiary/aromatic N) is 3. The summed E-state index contributed by atoms with van der Waals surface area (Å²) in [6, 6.07) is 1.26. The van der Waals surface area contributed by atoms with Crippen LogP contribution in [0, 0.1) is 23.5 Å². The minimum absolute atomic E-state index is 0.0497. The number of hydrogen-bond acceptors (Lipinski definition) is 5. The van der Waals surface area contributed by atoms with E-state index in [2.05, 4.69) is 21.8 Å². The van der Waals surface area contributed by atoms with Gasteiger partial charge < -0.3 is 9.64 Å². The second kappa shape index (κ2) is 7.58. The first-order valence-electron chi connectivity index (χ1n) is 8.15. The number of ether oxygens (including phenoxy) is 1. The first-order valence-corrected chi connectivity index (χ1v) is 8.15. The third-order valence-corrected chi connectivity index (χ3v) is 3.96. The van der Waals surface area contributed by atoms with Crippen molar-refractivity contribution in [1.82, 2.24) is 9.97 Å². The van der Waals surface area contributed by atoms with Crippen LogP contribution in [-0.4, -0.2) is 41.6 Å². The van der Waals surface area contributed by atoms with E-state index in [1.165, 1.54) is 24.7 Å². The van der Waals surface area contributed by atoms with Crippen LogP contribution in [0.4, 0.5) is 14.5 Å². The fraction of sp³-hybridized carbons (Fsp3) is 0.316. The normalized spacial score (nSPS) is 19.6. The van der Waals surface area contributed by atoms with E-state index in [1.807, 2.05) is 13.8 Å². The molecule has 1 saturated heterocycles. The van der Waals surface area contributed by atoms with Crippen LogP contribution in [0.15, 0.2) is 24.7 Å². The van der Waals surface area contributed by atoms with Gasteiger partial charge in [0, 0.05) is 31.0 Å². The Balaban J connectivity index is 2.02. The predicted molar refractivity (Wildman–Crippen MR) is 92.0 cm³/mol. The van der Waals surface area contributed by atoms with Crippen molar-refractivity contribution in [3.05, 3.63) is 53.1 Å². The first kappa shape index (κ1) is 18.0. The average Bonchev–Trinajstić information content (AvgIpc) is 2.62. The van der Waals surface area contributed by atoms with E-state index in [-0.39, 0.29) is 29.0 Å². The number of aromatic nitrogens is 2. The minimum Gasteiger partial charge on any atom is -0.372 e. The highest BCUT2D eigenvalue weighted by molar-refractivity contribution is 5.86. The smallest absolute Gasteiger partial charge is 0.184 e. The largest absolute Gasteiger partial charge is 0.372 e. The van der Waals surface area contributed by atoms with E-state index in [1.54, 1.807) is 4.90 Å². The van der Waals surface area contributed by atoms with Gasteiger partial charge in [0.25, 0.3) is 0 Å². The molecule has 1 aliphatic heterocycles. The van der Waals surface area contributed by atoms with E-state index in [0.29, 0.717) is 25.1 Å². The Morgan fingerprint density at radius 1 is 1.19 bits per heavy atom. The molecule has 0 N–H and O–H groups in total. The molecule has 0 spiro atoms. The van der Waals surface area contributed by atoms with Crippen LogP contribution in [-0.2, 0) is 4.74 Å². The summed E-state index contributed by atoms with van der Waals surface area (Å²) in [5.74, 6) is 2.96. The predicted octanol–water partition coefficient (Wildman–Crippen LogP) is 2.58. The number of hydrogen-bond donors (Lipinski definition) is 0. The highest BCUT2D eigenvalue weighted by Crippen LogP contribution is 2.30. The molecule has 2 heterocycles. The molecule has 0 aliphatic carbocycles. The standard InChI is InChI=1S/C19H17F2N3O2/c1-12-9-24(10-13(2)26-12)19-15(11-25)7-14(17(20)18(19)21)3-4-16-8-22-5-6-23-16/h5-8,11-13H,9-10H2,1-2H3/t12-,13+. The molecule has 1 aliphatic rings. The van der Waals surface area contributed by atoms with Crippen molar-refractivity contribution >= 4 is 12.0 Å². The molecular formula is C19H17F2N3O2. The number of carbonyl (C=O) groups is 1. The van der Waals surface area contributed by atoms with Crippen LogP contribution < -0.4 is 4.90 Å². The van der Waals surface area contributed by atoms with Gasteiger partial charge in [-0.25, -0.2) is 13.8 Å². The number of carbonyl (C=O) groups excluding carboxylic acids is 1. The minimum atomic E-state index is -1.09. The lowest BCUT2D eigenvalue weighted by Crippen LogP contribution is -2.46. The van der Waals surface area contributed by atoms with Gasteiger partial charge >= 0.3 is 0 Å². The maximum absolute atomic E-state index is 14.8. The molecule has 134 valence electrons. The molecule has 1 fully saturated rings. The summed E-state index contributed by atoms with van der Waals surface area (Å²) in [7, 11) is 0. The van der Waals surface area contributed by atoms with Crippen molar-refractivity contribution in [2.45, 2.75) is 26.1 Å². The Kier molecular flexibility index (Phi) is 5.24. The molecule has 1 aromatic heterocycles. The molecular weight excluding hydrogens is 340 g/mol. The summed E-state index contributed by atoms with van der Waals surface area (Å²) in [4.78, 5) is 20.9. The van der Waals surface area contributed by atoms with Crippen LogP contribution in [0.3, 0.4) is 0 Å². The summed E-state index contributed by atoms with van der Waals surface area (Å²) in [6.45, 7) is 4.43. The molecule has 0 bridgehead atoms. The molecule has 7 heteroatoms. The lowest BCUT2D eigenvalue weighted by molar-refractivity contribution is -0.00547. The van der Waals surface area contributed by atoms with Gasteiger partial charge in [-0.2, -0.15) is 0 Å². The van der Waals surface area contributed by atoms with Gasteiger partial charge in [0.05, 0.1) is 29.7 Å². The maximum Gasteiger partial charge on any atom is 0.184 e. The summed E-state index contributed by atoms with van der Waals surface area (Å²) in [6.07, 6.45) is 4.54. The summed E-state index contributed by atoms with van der Waals surface area (Å²) in [5, 5.41) is 0. The zero-order valence-corrected chi connectivity index (χ0v) is 14.4. The van der Waals surface area contributed by atoms with Gasteiger partial charge in [-0.15, -0.1) is 0 Å². The van der Waals surface area contributed by atoms with Crippen molar-refractivity contribution in [3.8, 4) is 11.8 Å². The van der Waals surface area contributed by atoms with Crippen molar-refractivity contribution in [2.24, 2.45) is 0 Å². The molecule has 0 saturated carbocycles. The maximum atomic E-state index is 14.8. The lowest BCUT2D eigenvalue weighted by atomic mass is 10.0. The molecule has 0 unspecified atom stereocenters. The Bertz CT molecular complexity index is 868. The van der Waals surface area contributed by atoms with Gasteiger partial charge in [-0.05, 0) is 25.8 Å². The van der Waals surface area contributed by atoms with Gasteiger partial charge in [-0.3, -0.25) is 9.78 Å². The number of morpholine rings is 1. The van der Waals surface area contributed by atoms with E-state index < -0.39 is 11.6 Å². The Hall–Kier alpha value is -2.85. The van der Waals surface area contributed by atoms with Crippen LogP contribution in [0.1, 0.15) is 35.5 Å². The second-order valence-corrected chi connectivity index (χ2v) is 6.11. The summed E-state index contributed by atoms with van der Waals surface area (Å²) < 4.78 is 34.9. The molecule has 3 rings (SSSR count). The third kappa shape index (κ3) is 3.70. The van der Waals surface area contributed by atoms with E-state index in [4.69, 9.17) is 4.74 Å². The SMILES string of the molecule is C[C@@H]1CN(c2c(C=O)cc(C#Cc3cnccn3)c(F)c2F)C[C@H](C)O1. The number of rotatable bonds is 2. The fourth-order valence-corrected chi connectivity index (χ4v) is 2.99. The zero-order chi connectivity index (χ0) is 18.7. The average molecular weight is 357 g/mol. The Labute approximate surface area is 150 Å². The second-order valence-electron chi connectivity index (χ2n) is 6.11. The van der Waals surface area contributed by atoms with E-state index in [0.717, 1.165) is 0 Å². The molecule has 1 aromatic carbocycles. The van der Waals surface area contributed by atoms with Crippen molar-refractivity contribution < 1.29 is 18.3 Å². The van der Waals surface area contributed by atoms with Gasteiger partial charge in [0.1, 0.15) is 5.69 Å². The molecule has 2 aromatic rings. The van der Waals surface area contributed by atoms with Gasteiger partial charge in [0.2, 0.25) is 0 Å². The summed E-state index contributed by atoms with van der Waals surface area (Å²) in [5.41, 5.74) is 0.117. The van der Waals surface area contributed by atoms with Crippen molar-refractivity contribution in [1.29, 1.82) is 0 Å². The number of anilines is 1. The third-order valence-electron chi connectivity index (χ3n) is 3.96. The van der Waals surface area contributed by atoms with E-state index >= 15 is 0 Å². The fourth-order valence-electron chi connectivity index (χ4n) is 2.99. The monoisotopic (exact) mass is 357 g/mol. The molecule has 26 heavy (non-hydrogen) atoms. The van der Waals surface area contributed by atoms with Gasteiger partial charge in [-0.1, -0.05) is 5.92 Å². The lowest BCUT2D eigenvalue weighted by Gasteiger charge is -2.37. The van der Waals surface area contributed by atoms with Crippen LogP contribution >= 0.6 is 0 Å². The molecule has 0 radical (unpaired) electrons. The first-order chi connectivity index (χ1) is 12.5. The quantitative estimate of drug-likeness (QED) is 0.611. The highest BCUT2D eigenvalue weighted by Gasteiger charge is 2.28. The van der Waals surface area contributed by atoms with Crippen LogP contribution in [0.5, 0.6) is 0 Å². The number of halogens is 2. The van der Waals surface area contributed by atoms with Crippen LogP contribution in [0.25, 0.3) is 0 Å². The topological polar surface area (TPSA) is 55.3 Å². The van der Waals surface area contributed by atoms with Crippen molar-refractivity contribution in [3.63, 3.8) is 0 Å². The highest BCUT2D eigenvalue weighted by atomic mass is 19.2. The van der Waals surface area contributed by atoms with Crippen molar-refractivity contribution in [2.75, 3.05) is 18.0 Å².